The molecule has 0 unspecified atom stereocenters. The second-order valence-corrected chi connectivity index (χ2v) is 2.89. The van der Waals surface area contributed by atoms with Gasteiger partial charge >= 0.3 is 5.97 Å². The Balaban J connectivity index is 3.08. The van der Waals surface area contributed by atoms with E-state index >= 15 is 0 Å². The Morgan fingerprint density at radius 2 is 2.29 bits per heavy atom. The fraction of sp³-hybridized carbons (Fsp3) is 0.0909. The Bertz CT molecular complexity index is 427. The van der Waals surface area contributed by atoms with Gasteiger partial charge in [0.1, 0.15) is 11.6 Å². The average Bonchev–Trinajstić information content (AvgIpc) is 2.14. The molecule has 0 aliphatic rings. The van der Waals surface area contributed by atoms with E-state index < -0.39 is 5.97 Å². The number of hydrogen-bond acceptors (Lipinski definition) is 2. The topological polar surface area (TPSA) is 61.1 Å². The maximum absolute atomic E-state index is 10.5. The molecule has 0 amide bonds. The van der Waals surface area contributed by atoms with E-state index in [-0.39, 0.29) is 5.57 Å². The molecule has 1 aromatic carbocycles. The number of nitriles is 1. The van der Waals surface area contributed by atoms with Gasteiger partial charge in [-0.2, -0.15) is 5.26 Å². The van der Waals surface area contributed by atoms with Crippen LogP contribution in [-0.2, 0) is 4.79 Å². The lowest BCUT2D eigenvalue weighted by Crippen LogP contribution is -1.97. The molecule has 0 aliphatic heterocycles. The summed E-state index contributed by atoms with van der Waals surface area (Å²) in [7, 11) is 0. The highest BCUT2D eigenvalue weighted by atomic mass is 16.4. The summed E-state index contributed by atoms with van der Waals surface area (Å²) in [4.78, 5) is 10.5. The van der Waals surface area contributed by atoms with Crippen LogP contribution in [-0.4, -0.2) is 11.1 Å². The summed E-state index contributed by atoms with van der Waals surface area (Å²) >= 11 is 0. The number of carboxylic acids is 1. The van der Waals surface area contributed by atoms with Crippen LogP contribution >= 0.6 is 0 Å². The van der Waals surface area contributed by atoms with Crippen molar-refractivity contribution < 1.29 is 9.90 Å². The molecule has 0 atom stereocenters. The summed E-state index contributed by atoms with van der Waals surface area (Å²) in [6.45, 7) is 1.91. The molecular weight excluding hydrogens is 178 g/mol. The van der Waals surface area contributed by atoms with Crippen molar-refractivity contribution in [1.29, 1.82) is 5.26 Å². The van der Waals surface area contributed by atoms with Crippen LogP contribution in [0.2, 0.25) is 0 Å². The van der Waals surface area contributed by atoms with E-state index in [4.69, 9.17) is 10.4 Å². The van der Waals surface area contributed by atoms with Crippen LogP contribution in [0.25, 0.3) is 6.08 Å². The fourth-order valence-electron chi connectivity index (χ4n) is 1.07. The highest BCUT2D eigenvalue weighted by molar-refractivity contribution is 5.96. The molecule has 0 fully saturated rings. The lowest BCUT2D eigenvalue weighted by Gasteiger charge is -1.95. The highest BCUT2D eigenvalue weighted by Crippen LogP contribution is 2.08. The van der Waals surface area contributed by atoms with Gasteiger partial charge in [0.15, 0.2) is 0 Å². The summed E-state index contributed by atoms with van der Waals surface area (Å²) in [5.41, 5.74) is 1.50. The zero-order valence-corrected chi connectivity index (χ0v) is 7.69. The van der Waals surface area contributed by atoms with Crippen LogP contribution in [0, 0.1) is 18.3 Å². The van der Waals surface area contributed by atoms with Crippen molar-refractivity contribution in [2.75, 3.05) is 0 Å². The first-order valence-electron chi connectivity index (χ1n) is 4.05. The number of rotatable bonds is 2. The summed E-state index contributed by atoms with van der Waals surface area (Å²) in [6, 6.07) is 8.93. The zero-order chi connectivity index (χ0) is 10.6. The molecule has 0 aliphatic carbocycles. The largest absolute Gasteiger partial charge is 0.477 e. The van der Waals surface area contributed by atoms with Crippen molar-refractivity contribution in [2.45, 2.75) is 6.92 Å². The minimum atomic E-state index is -1.20. The number of carbonyl (C=O) groups is 1. The molecule has 0 saturated carbocycles. The lowest BCUT2D eigenvalue weighted by atomic mass is 10.1. The minimum absolute atomic E-state index is 0.254. The van der Waals surface area contributed by atoms with Gasteiger partial charge in [-0.3, -0.25) is 0 Å². The molecule has 1 rings (SSSR count). The van der Waals surface area contributed by atoms with E-state index in [0.717, 1.165) is 11.1 Å². The molecule has 0 bridgehead atoms. The fourth-order valence-corrected chi connectivity index (χ4v) is 1.07. The number of aliphatic carboxylic acids is 1. The van der Waals surface area contributed by atoms with Crippen molar-refractivity contribution in [3.05, 3.63) is 41.0 Å². The Morgan fingerprint density at radius 1 is 1.57 bits per heavy atom. The van der Waals surface area contributed by atoms with E-state index in [9.17, 15) is 4.79 Å². The van der Waals surface area contributed by atoms with E-state index in [1.54, 1.807) is 12.1 Å². The van der Waals surface area contributed by atoms with Crippen molar-refractivity contribution in [3.63, 3.8) is 0 Å². The second-order valence-electron chi connectivity index (χ2n) is 2.89. The summed E-state index contributed by atoms with van der Waals surface area (Å²) in [6.07, 6.45) is 1.36. The van der Waals surface area contributed by atoms with E-state index in [2.05, 4.69) is 0 Å². The standard InChI is InChI=1S/C11H9NO2/c1-8-3-2-4-9(5-8)6-10(7-12)11(13)14/h2-6H,1H3,(H,13,14)/b10-6+. The average molecular weight is 187 g/mol. The summed E-state index contributed by atoms with van der Waals surface area (Å²) < 4.78 is 0. The molecule has 0 saturated heterocycles. The van der Waals surface area contributed by atoms with Gasteiger partial charge in [0.25, 0.3) is 0 Å². The predicted molar refractivity (Wildman–Crippen MR) is 52.4 cm³/mol. The molecule has 3 nitrogen and oxygen atoms in total. The van der Waals surface area contributed by atoms with Crippen LogP contribution in [0.4, 0.5) is 0 Å². The Kier molecular flexibility index (Phi) is 3.03. The van der Waals surface area contributed by atoms with Crippen LogP contribution in [0.15, 0.2) is 29.8 Å². The van der Waals surface area contributed by atoms with Crippen LogP contribution in [0.1, 0.15) is 11.1 Å². The third-order valence-corrected chi connectivity index (χ3v) is 1.70. The molecule has 1 aromatic rings. The molecule has 0 radical (unpaired) electrons. The first kappa shape index (κ1) is 10.0. The van der Waals surface area contributed by atoms with Gasteiger partial charge in [0.05, 0.1) is 0 Å². The van der Waals surface area contributed by atoms with Crippen molar-refractivity contribution in [1.82, 2.24) is 0 Å². The first-order valence-corrected chi connectivity index (χ1v) is 4.05. The van der Waals surface area contributed by atoms with E-state index in [1.165, 1.54) is 6.08 Å². The smallest absolute Gasteiger partial charge is 0.346 e. The third kappa shape index (κ3) is 2.46. The lowest BCUT2D eigenvalue weighted by molar-refractivity contribution is -0.132. The maximum Gasteiger partial charge on any atom is 0.346 e. The van der Waals surface area contributed by atoms with Crippen molar-refractivity contribution in [3.8, 4) is 6.07 Å². The van der Waals surface area contributed by atoms with E-state index in [1.807, 2.05) is 25.1 Å². The monoisotopic (exact) mass is 187 g/mol. The van der Waals surface area contributed by atoms with Gasteiger partial charge in [-0.25, -0.2) is 4.79 Å². The number of nitrogens with zero attached hydrogens (tertiary/aromatic N) is 1. The Labute approximate surface area is 81.9 Å². The predicted octanol–water partition coefficient (Wildman–Crippen LogP) is 1.99. The third-order valence-electron chi connectivity index (χ3n) is 1.70. The van der Waals surface area contributed by atoms with Gasteiger partial charge in [0, 0.05) is 0 Å². The summed E-state index contributed by atoms with van der Waals surface area (Å²) in [5, 5.41) is 17.1. The van der Waals surface area contributed by atoms with E-state index in [0.29, 0.717) is 0 Å². The molecule has 3 heteroatoms. The number of carboxylic acid groups (broad SMARTS) is 1. The molecule has 70 valence electrons. The molecule has 14 heavy (non-hydrogen) atoms. The van der Waals surface area contributed by atoms with Crippen molar-refractivity contribution >= 4 is 12.0 Å². The molecule has 0 aromatic heterocycles. The van der Waals surface area contributed by atoms with Crippen LogP contribution in [0.3, 0.4) is 0 Å². The highest BCUT2D eigenvalue weighted by Gasteiger charge is 2.04. The quantitative estimate of drug-likeness (QED) is 0.568. The maximum atomic E-state index is 10.5. The normalized spacial score (nSPS) is 10.7. The molecule has 0 spiro atoms. The van der Waals surface area contributed by atoms with Gasteiger partial charge < -0.3 is 5.11 Å². The minimum Gasteiger partial charge on any atom is -0.477 e. The van der Waals surface area contributed by atoms with Crippen LogP contribution in [0.5, 0.6) is 0 Å². The first-order chi connectivity index (χ1) is 6.63. The Morgan fingerprint density at radius 3 is 2.79 bits per heavy atom. The SMILES string of the molecule is Cc1cccc(/C=C(\C#N)C(=O)O)c1. The summed E-state index contributed by atoms with van der Waals surface area (Å²) in [5.74, 6) is -1.20. The van der Waals surface area contributed by atoms with Crippen molar-refractivity contribution in [2.24, 2.45) is 0 Å². The molecule has 0 heterocycles. The number of aryl methyl sites for hydroxylation is 1. The Hall–Kier alpha value is -2.08. The van der Waals surface area contributed by atoms with Gasteiger partial charge in [0.2, 0.25) is 0 Å². The second kappa shape index (κ2) is 4.24. The van der Waals surface area contributed by atoms with Gasteiger partial charge in [-0.1, -0.05) is 29.8 Å². The van der Waals surface area contributed by atoms with Gasteiger partial charge in [-0.05, 0) is 18.6 Å². The number of hydrogen-bond donors (Lipinski definition) is 1. The zero-order valence-electron chi connectivity index (χ0n) is 7.69. The number of benzene rings is 1. The molecular formula is C11H9NO2. The molecule has 1 N–H and O–H groups in total. The van der Waals surface area contributed by atoms with Gasteiger partial charge in [-0.15, -0.1) is 0 Å². The van der Waals surface area contributed by atoms with Crippen LogP contribution < -0.4 is 0 Å².